The van der Waals surface area contributed by atoms with Gasteiger partial charge in [0.25, 0.3) is 0 Å². The third-order valence-electron chi connectivity index (χ3n) is 7.18. The zero-order chi connectivity index (χ0) is 26.3. The number of fused-ring (bicyclic) bond motifs is 3. The maximum atomic E-state index is 13.9. The summed E-state index contributed by atoms with van der Waals surface area (Å²) in [6, 6.07) is 16.3. The summed E-state index contributed by atoms with van der Waals surface area (Å²) in [4.78, 5) is 55.5. The summed E-state index contributed by atoms with van der Waals surface area (Å²) >= 11 is 6.37. The van der Waals surface area contributed by atoms with Crippen molar-refractivity contribution in [1.82, 2.24) is 0 Å². The molecule has 2 amide bonds. The number of anilines is 1. The molecule has 3 aliphatic rings. The molecule has 0 aromatic heterocycles. The topological polar surface area (TPSA) is 80.8 Å². The number of benzene rings is 3. The minimum Gasteiger partial charge on any atom is -0.349 e. The van der Waals surface area contributed by atoms with Gasteiger partial charge >= 0.3 is 6.18 Å². The number of para-hydroxylation sites is 1. The molecule has 0 radical (unpaired) electrons. The van der Waals surface area contributed by atoms with Crippen molar-refractivity contribution in [3.05, 3.63) is 100 Å². The molecule has 0 saturated carbocycles. The highest BCUT2D eigenvalue weighted by molar-refractivity contribution is 6.37. The molecule has 0 unspecified atom stereocenters. The Labute approximate surface area is 212 Å². The van der Waals surface area contributed by atoms with Crippen molar-refractivity contribution in [2.75, 3.05) is 4.90 Å². The smallest absolute Gasteiger partial charge is 0.349 e. The number of amides is 2. The van der Waals surface area contributed by atoms with Crippen LogP contribution in [0, 0.1) is 11.8 Å². The van der Waals surface area contributed by atoms with Crippen LogP contribution in [0.5, 0.6) is 0 Å². The van der Waals surface area contributed by atoms with Gasteiger partial charge in [-0.05, 0) is 18.2 Å². The third-order valence-corrected chi connectivity index (χ3v) is 7.53. The van der Waals surface area contributed by atoms with E-state index in [-0.39, 0.29) is 21.7 Å². The predicted octanol–water partition coefficient (Wildman–Crippen LogP) is 5.05. The first-order valence-corrected chi connectivity index (χ1v) is 11.6. The van der Waals surface area contributed by atoms with E-state index in [0.717, 1.165) is 18.2 Å². The maximum Gasteiger partial charge on any atom is 0.418 e. The molecule has 3 aromatic carbocycles. The van der Waals surface area contributed by atoms with Gasteiger partial charge < -0.3 is 4.74 Å². The van der Waals surface area contributed by atoms with Crippen molar-refractivity contribution in [1.29, 1.82) is 0 Å². The number of carbonyl (C=O) groups excluding carboxylic acids is 4. The van der Waals surface area contributed by atoms with E-state index in [1.165, 1.54) is 42.5 Å². The van der Waals surface area contributed by atoms with E-state index >= 15 is 0 Å². The fraction of sp³-hybridized carbons (Fsp3) is 0.185. The lowest BCUT2D eigenvalue weighted by Gasteiger charge is -2.28. The van der Waals surface area contributed by atoms with Gasteiger partial charge in [0.15, 0.2) is 0 Å². The summed E-state index contributed by atoms with van der Waals surface area (Å²) in [5.74, 6) is -6.90. The Hall–Kier alpha value is -3.82. The van der Waals surface area contributed by atoms with Crippen LogP contribution in [-0.4, -0.2) is 29.0 Å². The second kappa shape index (κ2) is 7.84. The van der Waals surface area contributed by atoms with Crippen molar-refractivity contribution in [2.24, 2.45) is 11.8 Å². The Kier molecular flexibility index (Phi) is 4.99. The van der Waals surface area contributed by atoms with E-state index in [0.29, 0.717) is 4.90 Å². The average molecular weight is 526 g/mol. The van der Waals surface area contributed by atoms with E-state index in [9.17, 15) is 32.3 Å². The van der Waals surface area contributed by atoms with E-state index in [1.54, 1.807) is 12.1 Å². The van der Waals surface area contributed by atoms with Crippen LogP contribution in [0.3, 0.4) is 0 Å². The Bertz CT molecular complexity index is 1500. The van der Waals surface area contributed by atoms with Crippen LogP contribution in [0.4, 0.5) is 18.9 Å². The molecular weight excluding hydrogens is 511 g/mol. The van der Waals surface area contributed by atoms with Gasteiger partial charge in [0.1, 0.15) is 0 Å². The van der Waals surface area contributed by atoms with Crippen LogP contribution >= 0.6 is 11.6 Å². The number of nitrogens with zero attached hydrogens (tertiary/aromatic N) is 1. The SMILES string of the molecule is O=C1[C@H]2[C@@H](C(=O)N1c1ccccc1C(F)(F)F)C1(O[C@H]2c2ccccc2Cl)C(=O)c2ccccc2C1=O. The number of halogens is 4. The lowest BCUT2D eigenvalue weighted by Crippen LogP contribution is -2.51. The molecule has 0 N–H and O–H groups in total. The Morgan fingerprint density at radius 2 is 1.35 bits per heavy atom. The maximum absolute atomic E-state index is 13.9. The molecule has 2 aliphatic heterocycles. The molecule has 1 spiro atoms. The van der Waals surface area contributed by atoms with E-state index in [2.05, 4.69) is 0 Å². The van der Waals surface area contributed by atoms with Crippen molar-refractivity contribution in [3.8, 4) is 0 Å². The third kappa shape index (κ3) is 3.04. The molecule has 10 heteroatoms. The van der Waals surface area contributed by atoms with Crippen LogP contribution in [0.15, 0.2) is 72.8 Å². The predicted molar refractivity (Wildman–Crippen MR) is 124 cm³/mol. The van der Waals surface area contributed by atoms with Crippen LogP contribution < -0.4 is 4.90 Å². The number of hydrogen-bond acceptors (Lipinski definition) is 5. The van der Waals surface area contributed by atoms with Gasteiger partial charge in [0.2, 0.25) is 29.0 Å². The summed E-state index contributed by atoms with van der Waals surface area (Å²) in [5.41, 5.74) is -4.02. The number of ether oxygens (including phenoxy) is 1. The van der Waals surface area contributed by atoms with Crippen molar-refractivity contribution >= 4 is 40.7 Å². The lowest BCUT2D eigenvalue weighted by molar-refractivity contribution is -0.137. The highest BCUT2D eigenvalue weighted by atomic mass is 35.5. The second-order valence-corrected chi connectivity index (χ2v) is 9.44. The molecule has 1 aliphatic carbocycles. The number of imide groups is 1. The number of hydrogen-bond donors (Lipinski definition) is 0. The summed E-state index contributed by atoms with van der Waals surface area (Å²) in [6.45, 7) is 0. The molecular formula is C27H15ClF3NO5. The lowest BCUT2D eigenvalue weighted by atomic mass is 9.77. The molecule has 3 aromatic rings. The minimum atomic E-state index is -4.87. The quantitative estimate of drug-likeness (QED) is 0.345. The van der Waals surface area contributed by atoms with E-state index in [4.69, 9.17) is 16.3 Å². The van der Waals surface area contributed by atoms with Gasteiger partial charge in [-0.2, -0.15) is 13.2 Å². The van der Waals surface area contributed by atoms with Crippen molar-refractivity contribution in [3.63, 3.8) is 0 Å². The van der Waals surface area contributed by atoms with Crippen LogP contribution in [0.2, 0.25) is 5.02 Å². The summed E-state index contributed by atoms with van der Waals surface area (Å²) in [5, 5.41) is 0.146. The molecule has 6 rings (SSSR count). The van der Waals surface area contributed by atoms with Crippen LogP contribution in [0.25, 0.3) is 0 Å². The highest BCUT2D eigenvalue weighted by Gasteiger charge is 2.75. The molecule has 2 saturated heterocycles. The van der Waals surface area contributed by atoms with Crippen molar-refractivity contribution < 1.29 is 37.1 Å². The fourth-order valence-electron chi connectivity index (χ4n) is 5.65. The van der Waals surface area contributed by atoms with Gasteiger partial charge in [0, 0.05) is 21.7 Å². The van der Waals surface area contributed by atoms with Gasteiger partial charge in [0.05, 0.1) is 29.2 Å². The molecule has 0 bridgehead atoms. The van der Waals surface area contributed by atoms with Gasteiger partial charge in [-0.3, -0.25) is 19.2 Å². The van der Waals surface area contributed by atoms with Gasteiger partial charge in [-0.1, -0.05) is 66.2 Å². The minimum absolute atomic E-state index is 0.0143. The molecule has 6 nitrogen and oxygen atoms in total. The standard InChI is InChI=1S/C27H15ClF3NO5/c28-17-11-5-3-9-15(17)21-19-20(26(37-21)22(33)13-7-1-2-8-14(13)23(26)34)25(36)32(24(19)35)18-12-6-4-10-16(18)27(29,30)31/h1-12,19-21H/t19-,20-,21-/m0/s1. The normalized spacial score (nSPS) is 24.2. The second-order valence-electron chi connectivity index (χ2n) is 9.03. The van der Waals surface area contributed by atoms with E-state index < -0.39 is 64.3 Å². The number of carbonyl (C=O) groups is 4. The Balaban J connectivity index is 1.58. The number of alkyl halides is 3. The van der Waals surface area contributed by atoms with Crippen molar-refractivity contribution in [2.45, 2.75) is 17.9 Å². The van der Waals surface area contributed by atoms with Gasteiger partial charge in [-0.25, -0.2) is 4.90 Å². The zero-order valence-corrected chi connectivity index (χ0v) is 19.4. The monoisotopic (exact) mass is 525 g/mol. The largest absolute Gasteiger partial charge is 0.418 e. The average Bonchev–Trinajstić information content (AvgIpc) is 3.44. The first-order chi connectivity index (χ1) is 17.6. The molecule has 2 fully saturated rings. The zero-order valence-electron chi connectivity index (χ0n) is 18.7. The molecule has 37 heavy (non-hydrogen) atoms. The van der Waals surface area contributed by atoms with Crippen LogP contribution in [-0.2, 0) is 20.5 Å². The van der Waals surface area contributed by atoms with Gasteiger partial charge in [-0.15, -0.1) is 0 Å². The summed E-state index contributed by atoms with van der Waals surface area (Å²) in [6.07, 6.45) is -6.21. The number of ketones is 2. The first kappa shape index (κ1) is 23.6. The molecule has 186 valence electrons. The molecule has 2 heterocycles. The Morgan fingerprint density at radius 3 is 1.97 bits per heavy atom. The Morgan fingerprint density at radius 1 is 0.784 bits per heavy atom. The summed E-state index contributed by atoms with van der Waals surface area (Å²) < 4.78 is 47.6. The number of rotatable bonds is 2. The van der Waals surface area contributed by atoms with E-state index in [1.807, 2.05) is 0 Å². The first-order valence-electron chi connectivity index (χ1n) is 11.2. The highest BCUT2D eigenvalue weighted by Crippen LogP contribution is 2.58. The molecule has 3 atom stereocenters. The fourth-order valence-corrected chi connectivity index (χ4v) is 5.89. The summed E-state index contributed by atoms with van der Waals surface area (Å²) in [7, 11) is 0. The number of Topliss-reactive ketones (excluding diaryl/α,β-unsaturated/α-hetero) is 2. The van der Waals surface area contributed by atoms with Crippen LogP contribution in [0.1, 0.15) is 37.9 Å².